The molecule has 0 aromatic carbocycles. The Hall–Kier alpha value is -0.330. The topological polar surface area (TPSA) is 23.9 Å². The summed E-state index contributed by atoms with van der Waals surface area (Å²) in [6.45, 7) is 4.66. The Kier molecular flexibility index (Phi) is 17.1. The summed E-state index contributed by atoms with van der Waals surface area (Å²) in [5.41, 5.74) is 0. The lowest BCUT2D eigenvalue weighted by molar-refractivity contribution is 0.475. The molecule has 0 radical (unpaired) electrons. The Bertz CT molecular complexity index is 658. The van der Waals surface area contributed by atoms with Gasteiger partial charge in [-0.15, -0.1) is 0 Å². The lowest BCUT2D eigenvalue weighted by Crippen LogP contribution is -2.01. The maximum atomic E-state index is 7.89. The van der Waals surface area contributed by atoms with Crippen LogP contribution in [0.15, 0.2) is 0 Å². The molecule has 4 fully saturated rings. The Morgan fingerprint density at radius 2 is 0.721 bits per heavy atom. The first kappa shape index (κ1) is 35.5. The summed E-state index contributed by atoms with van der Waals surface area (Å²) >= 11 is 0. The van der Waals surface area contributed by atoms with Gasteiger partial charge in [-0.1, -0.05) is 155 Å². The Labute approximate surface area is 270 Å². The van der Waals surface area contributed by atoms with Crippen LogP contribution in [0, 0.1) is 58.7 Å². The maximum Gasteiger partial charge on any atom is -0.00167 e. The van der Waals surface area contributed by atoms with E-state index in [9.17, 15) is 0 Å². The van der Waals surface area contributed by atoms with Crippen molar-refractivity contribution in [2.75, 3.05) is 0 Å². The van der Waals surface area contributed by atoms with E-state index in [0.717, 1.165) is 47.3 Å². The third-order valence-electron chi connectivity index (χ3n) is 12.9. The number of nitrogens with one attached hydrogen (secondary N) is 1. The number of unbranched alkanes of at least 4 members (excludes halogenated alkanes) is 14. The molecule has 4 saturated carbocycles. The van der Waals surface area contributed by atoms with E-state index in [0.29, 0.717) is 5.92 Å². The second-order valence-corrected chi connectivity index (χ2v) is 16.8. The summed E-state index contributed by atoms with van der Waals surface area (Å²) in [6.07, 6.45) is 45.9. The SMILES string of the molecule is CCCCCC1CC1CC1CC1CCCCCCCCC(C=N)CCCCCCCCC1CC1CC1CC1CCCCC. The van der Waals surface area contributed by atoms with Gasteiger partial charge in [0.1, 0.15) is 0 Å². The van der Waals surface area contributed by atoms with Crippen LogP contribution >= 0.6 is 0 Å². The van der Waals surface area contributed by atoms with E-state index in [2.05, 4.69) is 13.8 Å². The van der Waals surface area contributed by atoms with Crippen molar-refractivity contribution in [3.8, 4) is 0 Å². The third kappa shape index (κ3) is 15.2. The third-order valence-corrected chi connectivity index (χ3v) is 12.9. The van der Waals surface area contributed by atoms with Crippen molar-refractivity contribution < 1.29 is 0 Å². The predicted octanol–water partition coefficient (Wildman–Crippen LogP) is 14.0. The molecule has 4 aliphatic rings. The van der Waals surface area contributed by atoms with Crippen LogP contribution in [0.5, 0.6) is 0 Å². The molecule has 0 heterocycles. The lowest BCUT2D eigenvalue weighted by Gasteiger charge is -2.11. The zero-order valence-electron chi connectivity index (χ0n) is 29.5. The van der Waals surface area contributed by atoms with Gasteiger partial charge in [0, 0.05) is 0 Å². The molecule has 250 valence electrons. The first-order valence-electron chi connectivity index (χ1n) is 20.7. The highest BCUT2D eigenvalue weighted by Crippen LogP contribution is 2.55. The molecule has 0 aromatic heterocycles. The lowest BCUT2D eigenvalue weighted by atomic mass is 9.95. The van der Waals surface area contributed by atoms with E-state index in [1.165, 1.54) is 154 Å². The molecule has 0 aromatic rings. The van der Waals surface area contributed by atoms with Crippen molar-refractivity contribution in [1.82, 2.24) is 0 Å². The highest BCUT2D eigenvalue weighted by Gasteiger charge is 2.45. The van der Waals surface area contributed by atoms with Crippen LogP contribution in [0.1, 0.15) is 206 Å². The monoisotopic (exact) mass is 596 g/mol. The van der Waals surface area contributed by atoms with Gasteiger partial charge in [0.2, 0.25) is 0 Å². The van der Waals surface area contributed by atoms with Crippen LogP contribution in [0.2, 0.25) is 0 Å². The number of hydrogen-bond donors (Lipinski definition) is 1. The molecule has 8 unspecified atom stereocenters. The van der Waals surface area contributed by atoms with Gasteiger partial charge in [0.25, 0.3) is 0 Å². The zero-order chi connectivity index (χ0) is 30.1. The summed E-state index contributed by atoms with van der Waals surface area (Å²) in [4.78, 5) is 0. The molecular weight excluding hydrogens is 518 g/mol. The van der Waals surface area contributed by atoms with Gasteiger partial charge in [0.05, 0.1) is 0 Å². The molecule has 1 heteroatoms. The van der Waals surface area contributed by atoms with E-state index in [1.54, 1.807) is 44.7 Å². The van der Waals surface area contributed by atoms with Crippen molar-refractivity contribution >= 4 is 6.21 Å². The van der Waals surface area contributed by atoms with Crippen molar-refractivity contribution in [2.45, 2.75) is 206 Å². The maximum absolute atomic E-state index is 7.89. The number of hydrogen-bond acceptors (Lipinski definition) is 1. The molecule has 4 rings (SSSR count). The second kappa shape index (κ2) is 20.7. The summed E-state index contributed by atoms with van der Waals surface area (Å²) < 4.78 is 0. The normalized spacial score (nSPS) is 31.2. The average Bonchev–Trinajstić information content (AvgIpc) is 3.83. The number of rotatable bonds is 31. The molecule has 0 bridgehead atoms. The van der Waals surface area contributed by atoms with Crippen LogP contribution in [0.25, 0.3) is 0 Å². The fraction of sp³-hybridized carbons (Fsp3) is 0.976. The second-order valence-electron chi connectivity index (χ2n) is 16.8. The minimum Gasteiger partial charge on any atom is -0.313 e. The van der Waals surface area contributed by atoms with E-state index in [4.69, 9.17) is 5.41 Å². The largest absolute Gasteiger partial charge is 0.313 e. The van der Waals surface area contributed by atoms with Crippen LogP contribution < -0.4 is 0 Å². The smallest absolute Gasteiger partial charge is 0.00167 e. The highest BCUT2D eigenvalue weighted by atomic mass is 14.5. The molecule has 8 atom stereocenters. The van der Waals surface area contributed by atoms with Gasteiger partial charge in [-0.2, -0.15) is 0 Å². The molecule has 43 heavy (non-hydrogen) atoms. The minimum absolute atomic E-state index is 0.564. The summed E-state index contributed by atoms with van der Waals surface area (Å²) in [5, 5.41) is 7.89. The van der Waals surface area contributed by atoms with Crippen molar-refractivity contribution in [3.63, 3.8) is 0 Å². The van der Waals surface area contributed by atoms with Crippen molar-refractivity contribution in [1.29, 1.82) is 5.41 Å². The predicted molar refractivity (Wildman–Crippen MR) is 190 cm³/mol. The summed E-state index contributed by atoms with van der Waals surface area (Å²) in [7, 11) is 0. The first-order chi connectivity index (χ1) is 21.2. The van der Waals surface area contributed by atoms with Gasteiger partial charge in [0.15, 0.2) is 0 Å². The molecular formula is C42H77N. The highest BCUT2D eigenvalue weighted by molar-refractivity contribution is 5.56. The van der Waals surface area contributed by atoms with Gasteiger partial charge in [-0.05, 0) is 111 Å². The van der Waals surface area contributed by atoms with Crippen LogP contribution in [0.4, 0.5) is 0 Å². The quantitative estimate of drug-likeness (QED) is 0.0609. The fourth-order valence-electron chi connectivity index (χ4n) is 9.25. The van der Waals surface area contributed by atoms with Crippen molar-refractivity contribution in [3.05, 3.63) is 0 Å². The van der Waals surface area contributed by atoms with E-state index >= 15 is 0 Å². The molecule has 1 N–H and O–H groups in total. The molecule has 0 aliphatic heterocycles. The molecule has 0 spiro atoms. The fourth-order valence-corrected chi connectivity index (χ4v) is 9.25. The minimum atomic E-state index is 0.564. The van der Waals surface area contributed by atoms with Gasteiger partial charge in [-0.25, -0.2) is 0 Å². The Morgan fingerprint density at radius 3 is 1.05 bits per heavy atom. The van der Waals surface area contributed by atoms with Crippen molar-refractivity contribution in [2.24, 2.45) is 53.3 Å². The Balaban J connectivity index is 0.841. The van der Waals surface area contributed by atoms with Crippen LogP contribution in [-0.4, -0.2) is 6.21 Å². The molecule has 0 saturated heterocycles. The van der Waals surface area contributed by atoms with Crippen LogP contribution in [-0.2, 0) is 0 Å². The van der Waals surface area contributed by atoms with E-state index in [1.807, 2.05) is 0 Å². The summed E-state index contributed by atoms with van der Waals surface area (Å²) in [5.74, 6) is 9.58. The van der Waals surface area contributed by atoms with Gasteiger partial charge in [-0.3, -0.25) is 0 Å². The van der Waals surface area contributed by atoms with Crippen LogP contribution in [0.3, 0.4) is 0 Å². The first-order valence-corrected chi connectivity index (χ1v) is 20.7. The standard InChI is InChI=1S/C42H77N/c1-3-5-15-23-35-27-39(35)31-41-29-37(41)25-19-13-9-7-11-17-21-34(33-43)22-18-12-8-10-14-20-26-38-30-42(38)32-40-28-36(40)24-16-6-4-2/h33-43H,3-32H2,1-2H3. The van der Waals surface area contributed by atoms with E-state index < -0.39 is 0 Å². The zero-order valence-corrected chi connectivity index (χ0v) is 29.5. The van der Waals surface area contributed by atoms with E-state index in [-0.39, 0.29) is 0 Å². The molecule has 0 amide bonds. The molecule has 1 nitrogen and oxygen atoms in total. The van der Waals surface area contributed by atoms with Gasteiger partial charge >= 0.3 is 0 Å². The summed E-state index contributed by atoms with van der Waals surface area (Å²) in [6, 6.07) is 0. The van der Waals surface area contributed by atoms with Gasteiger partial charge < -0.3 is 5.41 Å². The average molecular weight is 596 g/mol. The molecule has 4 aliphatic carbocycles. The Morgan fingerprint density at radius 1 is 0.419 bits per heavy atom.